The second-order valence-electron chi connectivity index (χ2n) is 4.12. The largest absolute Gasteiger partial charge is 0.466 e. The van der Waals surface area contributed by atoms with E-state index in [9.17, 15) is 14.4 Å². The lowest BCUT2D eigenvalue weighted by Gasteiger charge is -2.06. The number of rotatable bonds is 6. The van der Waals surface area contributed by atoms with Gasteiger partial charge >= 0.3 is 5.97 Å². The van der Waals surface area contributed by atoms with E-state index in [2.05, 4.69) is 15.4 Å². The molecule has 0 fully saturated rings. The van der Waals surface area contributed by atoms with Gasteiger partial charge in [-0.3, -0.25) is 9.59 Å². The Morgan fingerprint density at radius 2 is 2.05 bits per heavy atom. The van der Waals surface area contributed by atoms with Crippen molar-refractivity contribution in [3.8, 4) is 0 Å². The van der Waals surface area contributed by atoms with Crippen molar-refractivity contribution in [2.75, 3.05) is 19.0 Å². The van der Waals surface area contributed by atoms with E-state index in [1.165, 1.54) is 19.3 Å². The van der Waals surface area contributed by atoms with Crippen LogP contribution >= 0.6 is 0 Å². The molecule has 0 saturated carbocycles. The summed E-state index contributed by atoms with van der Waals surface area (Å²) in [5, 5.41) is 5.31. The van der Waals surface area contributed by atoms with Crippen molar-refractivity contribution < 1.29 is 19.1 Å². The van der Waals surface area contributed by atoms with Crippen molar-refractivity contribution in [3.63, 3.8) is 0 Å². The molecule has 0 aliphatic heterocycles. The number of ether oxygens (including phenoxy) is 1. The summed E-state index contributed by atoms with van der Waals surface area (Å²) in [6.45, 7) is 1.96. The maximum atomic E-state index is 11.9. The molecule has 0 heterocycles. The van der Waals surface area contributed by atoms with Crippen molar-refractivity contribution >= 4 is 23.5 Å². The summed E-state index contributed by atoms with van der Waals surface area (Å²) in [6.07, 6.45) is 3.10. The fourth-order valence-corrected chi connectivity index (χ4v) is 1.46. The van der Waals surface area contributed by atoms with E-state index >= 15 is 0 Å². The third-order valence-corrected chi connectivity index (χ3v) is 2.57. The topological polar surface area (TPSA) is 84.5 Å². The third kappa shape index (κ3) is 5.90. The van der Waals surface area contributed by atoms with Crippen molar-refractivity contribution in [1.29, 1.82) is 0 Å². The number of nitrogens with one attached hydrogen (secondary N) is 2. The summed E-state index contributed by atoms with van der Waals surface area (Å²) in [7, 11) is 1.28. The van der Waals surface area contributed by atoms with Gasteiger partial charge in [-0.1, -0.05) is 19.1 Å². The van der Waals surface area contributed by atoms with Crippen LogP contribution in [-0.2, 0) is 14.3 Å². The van der Waals surface area contributed by atoms with Crippen LogP contribution in [0.4, 0.5) is 5.69 Å². The van der Waals surface area contributed by atoms with E-state index < -0.39 is 5.97 Å². The molecule has 2 N–H and O–H groups in total. The van der Waals surface area contributed by atoms with Crippen molar-refractivity contribution in [3.05, 3.63) is 42.0 Å². The molecular weight excluding hydrogens is 272 g/mol. The second kappa shape index (κ2) is 8.52. The Morgan fingerprint density at radius 3 is 2.71 bits per heavy atom. The monoisotopic (exact) mass is 290 g/mol. The minimum atomic E-state index is -0.478. The molecule has 1 aromatic carbocycles. The molecule has 0 aromatic heterocycles. The van der Waals surface area contributed by atoms with Crippen LogP contribution in [0.2, 0.25) is 0 Å². The van der Waals surface area contributed by atoms with E-state index in [-0.39, 0.29) is 18.4 Å². The molecule has 0 unspecified atom stereocenters. The summed E-state index contributed by atoms with van der Waals surface area (Å²) in [5.74, 6) is -0.890. The highest BCUT2D eigenvalue weighted by Crippen LogP contribution is 2.10. The molecule has 1 aromatic rings. The first-order valence-corrected chi connectivity index (χ1v) is 6.49. The van der Waals surface area contributed by atoms with Gasteiger partial charge in [0.1, 0.15) is 0 Å². The van der Waals surface area contributed by atoms with Crippen LogP contribution in [0.25, 0.3) is 0 Å². The molecule has 0 aliphatic rings. The molecule has 0 aliphatic carbocycles. The number of carbonyl (C=O) groups excluding carboxylic acids is 3. The summed E-state index contributed by atoms with van der Waals surface area (Å²) >= 11 is 0. The number of carbonyl (C=O) groups is 3. The standard InChI is InChI=1S/C15H18N2O4/c1-3-13(18)17-12-7-4-6-11(10-12)15(20)16-9-5-8-14(19)21-2/h4-8,10H,3,9H2,1-2H3,(H,16,20)(H,17,18)/b8-5+. The van der Waals surface area contributed by atoms with Crippen LogP contribution in [0.3, 0.4) is 0 Å². The van der Waals surface area contributed by atoms with Gasteiger partial charge < -0.3 is 15.4 Å². The molecule has 0 bridgehead atoms. The van der Waals surface area contributed by atoms with Crippen LogP contribution in [0.5, 0.6) is 0 Å². The van der Waals surface area contributed by atoms with Gasteiger partial charge in [0.25, 0.3) is 5.91 Å². The highest BCUT2D eigenvalue weighted by atomic mass is 16.5. The summed E-state index contributed by atoms with van der Waals surface area (Å²) in [6, 6.07) is 6.62. The van der Waals surface area contributed by atoms with Gasteiger partial charge in [-0.15, -0.1) is 0 Å². The van der Waals surface area contributed by atoms with Gasteiger partial charge in [0.2, 0.25) is 5.91 Å². The molecule has 0 saturated heterocycles. The Hall–Kier alpha value is -2.63. The molecule has 0 spiro atoms. The smallest absolute Gasteiger partial charge is 0.330 e. The first kappa shape index (κ1) is 16.4. The summed E-state index contributed by atoms with van der Waals surface area (Å²) < 4.78 is 4.43. The van der Waals surface area contributed by atoms with Crippen LogP contribution < -0.4 is 10.6 Å². The number of hydrogen-bond donors (Lipinski definition) is 2. The Morgan fingerprint density at radius 1 is 1.29 bits per heavy atom. The SMILES string of the molecule is CCC(=O)Nc1cccc(C(=O)NC/C=C/C(=O)OC)c1. The molecule has 112 valence electrons. The molecular formula is C15H18N2O4. The van der Waals surface area contributed by atoms with Crippen LogP contribution in [0.1, 0.15) is 23.7 Å². The fourth-order valence-electron chi connectivity index (χ4n) is 1.46. The normalized spacial score (nSPS) is 10.2. The van der Waals surface area contributed by atoms with Crippen molar-refractivity contribution in [1.82, 2.24) is 5.32 Å². The van der Waals surface area contributed by atoms with Gasteiger partial charge in [-0.25, -0.2) is 4.79 Å². The molecule has 2 amide bonds. The molecule has 6 heteroatoms. The third-order valence-electron chi connectivity index (χ3n) is 2.57. The van der Waals surface area contributed by atoms with Crippen molar-refractivity contribution in [2.45, 2.75) is 13.3 Å². The summed E-state index contributed by atoms with van der Waals surface area (Å²) in [5.41, 5.74) is 0.995. The zero-order valence-electron chi connectivity index (χ0n) is 12.0. The molecule has 0 atom stereocenters. The Kier molecular flexibility index (Phi) is 6.67. The average Bonchev–Trinajstić information content (AvgIpc) is 2.51. The Bertz CT molecular complexity index is 552. The number of hydrogen-bond acceptors (Lipinski definition) is 4. The van der Waals surface area contributed by atoms with E-state index in [0.717, 1.165) is 0 Å². The second-order valence-corrected chi connectivity index (χ2v) is 4.12. The zero-order valence-corrected chi connectivity index (χ0v) is 12.0. The van der Waals surface area contributed by atoms with E-state index in [1.54, 1.807) is 31.2 Å². The maximum Gasteiger partial charge on any atom is 0.330 e. The lowest BCUT2D eigenvalue weighted by Crippen LogP contribution is -2.23. The van der Waals surface area contributed by atoms with E-state index in [0.29, 0.717) is 17.7 Å². The maximum absolute atomic E-state index is 11.9. The lowest BCUT2D eigenvalue weighted by atomic mass is 10.2. The number of methoxy groups -OCH3 is 1. The number of benzene rings is 1. The molecule has 6 nitrogen and oxygen atoms in total. The first-order valence-electron chi connectivity index (χ1n) is 6.49. The van der Waals surface area contributed by atoms with Crippen LogP contribution in [0.15, 0.2) is 36.4 Å². The Balaban J connectivity index is 2.58. The Labute approximate surface area is 123 Å². The molecule has 21 heavy (non-hydrogen) atoms. The van der Waals surface area contributed by atoms with Crippen LogP contribution in [-0.4, -0.2) is 31.4 Å². The molecule has 1 rings (SSSR count). The minimum absolute atomic E-state index is 0.117. The van der Waals surface area contributed by atoms with Gasteiger partial charge in [0, 0.05) is 30.3 Å². The average molecular weight is 290 g/mol. The van der Waals surface area contributed by atoms with Gasteiger partial charge in [0.15, 0.2) is 0 Å². The van der Waals surface area contributed by atoms with E-state index in [4.69, 9.17) is 0 Å². The first-order chi connectivity index (χ1) is 10.1. The number of anilines is 1. The van der Waals surface area contributed by atoms with Crippen LogP contribution in [0, 0.1) is 0 Å². The number of esters is 1. The highest BCUT2D eigenvalue weighted by Gasteiger charge is 2.06. The predicted molar refractivity (Wildman–Crippen MR) is 78.9 cm³/mol. The zero-order chi connectivity index (χ0) is 15.7. The molecule has 0 radical (unpaired) electrons. The lowest BCUT2D eigenvalue weighted by molar-refractivity contribution is -0.134. The quantitative estimate of drug-likeness (QED) is 0.614. The predicted octanol–water partition coefficient (Wildman–Crippen LogP) is 1.49. The fraction of sp³-hybridized carbons (Fsp3) is 0.267. The van der Waals surface area contributed by atoms with Gasteiger partial charge in [-0.2, -0.15) is 0 Å². The van der Waals surface area contributed by atoms with E-state index in [1.807, 2.05) is 0 Å². The minimum Gasteiger partial charge on any atom is -0.466 e. The summed E-state index contributed by atoms with van der Waals surface area (Å²) in [4.78, 5) is 34.0. The van der Waals surface area contributed by atoms with Gasteiger partial charge in [0.05, 0.1) is 7.11 Å². The van der Waals surface area contributed by atoms with Crippen molar-refractivity contribution in [2.24, 2.45) is 0 Å². The number of amides is 2. The highest BCUT2D eigenvalue weighted by molar-refractivity contribution is 5.97. The van der Waals surface area contributed by atoms with Gasteiger partial charge in [-0.05, 0) is 18.2 Å².